The lowest BCUT2D eigenvalue weighted by molar-refractivity contribution is 0.00181. The van der Waals surface area contributed by atoms with Gasteiger partial charge >= 0.3 is 0 Å². The van der Waals surface area contributed by atoms with Crippen molar-refractivity contribution in [3.8, 4) is 0 Å². The summed E-state index contributed by atoms with van der Waals surface area (Å²) in [6.45, 7) is 9.55. The van der Waals surface area contributed by atoms with E-state index < -0.39 is 0 Å². The third kappa shape index (κ3) is 1.50. The largest absolute Gasteiger partial charge is 0.393 e. The Bertz CT molecular complexity index is 205. The number of fused-ring (bicyclic) bond motifs is 1. The van der Waals surface area contributed by atoms with Crippen LogP contribution < -0.4 is 0 Å². The van der Waals surface area contributed by atoms with E-state index in [9.17, 15) is 5.11 Å². The van der Waals surface area contributed by atoms with Crippen molar-refractivity contribution in [1.29, 1.82) is 0 Å². The van der Waals surface area contributed by atoms with Crippen LogP contribution in [0.2, 0.25) is 0 Å². The molecule has 1 heteroatoms. The quantitative estimate of drug-likeness (QED) is 0.630. The SMILES string of the molecule is CC1(C)CCC(C)(C)[C@H]2CC(O)C[C@@H]21. The maximum Gasteiger partial charge on any atom is 0.0546 e. The van der Waals surface area contributed by atoms with Crippen LogP contribution in [0, 0.1) is 22.7 Å². The van der Waals surface area contributed by atoms with Crippen molar-refractivity contribution < 1.29 is 5.11 Å². The van der Waals surface area contributed by atoms with Gasteiger partial charge < -0.3 is 5.11 Å². The third-order valence-corrected chi connectivity index (χ3v) is 4.96. The highest BCUT2D eigenvalue weighted by Crippen LogP contribution is 2.58. The second-order valence-corrected chi connectivity index (χ2v) is 6.82. The van der Waals surface area contributed by atoms with Gasteiger partial charge in [-0.2, -0.15) is 0 Å². The van der Waals surface area contributed by atoms with Gasteiger partial charge in [0.05, 0.1) is 6.10 Å². The average molecular weight is 196 g/mol. The molecule has 14 heavy (non-hydrogen) atoms. The molecule has 2 saturated carbocycles. The summed E-state index contributed by atoms with van der Waals surface area (Å²) in [7, 11) is 0. The van der Waals surface area contributed by atoms with Crippen LogP contribution in [-0.2, 0) is 0 Å². The smallest absolute Gasteiger partial charge is 0.0546 e. The van der Waals surface area contributed by atoms with Crippen LogP contribution in [0.3, 0.4) is 0 Å². The molecule has 0 spiro atoms. The van der Waals surface area contributed by atoms with E-state index >= 15 is 0 Å². The zero-order valence-electron chi connectivity index (χ0n) is 10.0. The molecular formula is C13H24O. The van der Waals surface area contributed by atoms with E-state index in [4.69, 9.17) is 0 Å². The normalized spacial score (nSPS) is 40.9. The maximum absolute atomic E-state index is 9.82. The summed E-state index contributed by atoms with van der Waals surface area (Å²) < 4.78 is 0. The van der Waals surface area contributed by atoms with Crippen molar-refractivity contribution in [3.63, 3.8) is 0 Å². The summed E-state index contributed by atoms with van der Waals surface area (Å²) in [5, 5.41) is 9.82. The predicted octanol–water partition coefficient (Wildman–Crippen LogP) is 3.22. The number of aliphatic hydroxyl groups is 1. The first kappa shape index (κ1) is 10.5. The molecule has 0 bridgehead atoms. The summed E-state index contributed by atoms with van der Waals surface area (Å²) in [5.74, 6) is 1.50. The van der Waals surface area contributed by atoms with Gasteiger partial charge in [0.15, 0.2) is 0 Å². The van der Waals surface area contributed by atoms with Gasteiger partial charge in [-0.25, -0.2) is 0 Å². The fraction of sp³-hybridized carbons (Fsp3) is 1.00. The van der Waals surface area contributed by atoms with Crippen molar-refractivity contribution in [2.45, 2.75) is 59.5 Å². The van der Waals surface area contributed by atoms with E-state index in [0.717, 1.165) is 24.7 Å². The van der Waals surface area contributed by atoms with Crippen molar-refractivity contribution in [3.05, 3.63) is 0 Å². The molecule has 2 aliphatic rings. The molecule has 2 rings (SSSR count). The average Bonchev–Trinajstić information content (AvgIpc) is 2.44. The first-order valence-electron chi connectivity index (χ1n) is 6.01. The Kier molecular flexibility index (Phi) is 2.23. The minimum Gasteiger partial charge on any atom is -0.393 e. The van der Waals surface area contributed by atoms with Gasteiger partial charge in [-0.1, -0.05) is 27.7 Å². The van der Waals surface area contributed by atoms with Gasteiger partial charge in [-0.05, 0) is 48.3 Å². The highest BCUT2D eigenvalue weighted by atomic mass is 16.3. The molecule has 0 amide bonds. The maximum atomic E-state index is 9.82. The summed E-state index contributed by atoms with van der Waals surface area (Å²) in [4.78, 5) is 0. The van der Waals surface area contributed by atoms with Gasteiger partial charge in [-0.15, -0.1) is 0 Å². The van der Waals surface area contributed by atoms with E-state index in [1.54, 1.807) is 0 Å². The van der Waals surface area contributed by atoms with Crippen LogP contribution >= 0.6 is 0 Å². The number of aliphatic hydroxyl groups excluding tert-OH is 1. The standard InChI is InChI=1S/C13H24O/c1-12(2)5-6-13(3,4)11-8-9(14)7-10(11)12/h9-11,14H,5-8H2,1-4H3/t10-,11-/m0/s1. The summed E-state index contributed by atoms with van der Waals surface area (Å²) in [6.07, 6.45) is 4.71. The molecule has 1 nitrogen and oxygen atoms in total. The van der Waals surface area contributed by atoms with Gasteiger partial charge in [0.25, 0.3) is 0 Å². The fourth-order valence-electron chi connectivity index (χ4n) is 3.75. The Morgan fingerprint density at radius 1 is 0.857 bits per heavy atom. The summed E-state index contributed by atoms with van der Waals surface area (Å²) in [5.41, 5.74) is 0.912. The van der Waals surface area contributed by atoms with E-state index in [2.05, 4.69) is 27.7 Å². The summed E-state index contributed by atoms with van der Waals surface area (Å²) in [6, 6.07) is 0. The molecule has 0 aromatic heterocycles. The Hall–Kier alpha value is -0.0400. The van der Waals surface area contributed by atoms with Crippen LogP contribution in [0.25, 0.3) is 0 Å². The van der Waals surface area contributed by atoms with Crippen LogP contribution in [-0.4, -0.2) is 11.2 Å². The van der Waals surface area contributed by atoms with Crippen LogP contribution in [0.15, 0.2) is 0 Å². The predicted molar refractivity (Wildman–Crippen MR) is 59.0 cm³/mol. The molecule has 0 saturated heterocycles. The lowest BCUT2D eigenvalue weighted by atomic mass is 9.56. The number of hydrogen-bond acceptors (Lipinski definition) is 1. The lowest BCUT2D eigenvalue weighted by Gasteiger charge is -2.49. The second-order valence-electron chi connectivity index (χ2n) is 6.82. The molecule has 0 heterocycles. The van der Waals surface area contributed by atoms with Gasteiger partial charge in [0.1, 0.15) is 0 Å². The molecule has 2 atom stereocenters. The molecule has 2 fully saturated rings. The Labute approximate surface area is 87.9 Å². The zero-order valence-corrected chi connectivity index (χ0v) is 10.0. The minimum absolute atomic E-state index is 0.0263. The van der Waals surface area contributed by atoms with Gasteiger partial charge in [0, 0.05) is 0 Å². The number of rotatable bonds is 0. The second kappa shape index (κ2) is 2.98. The molecule has 0 aromatic carbocycles. The van der Waals surface area contributed by atoms with E-state index in [0.29, 0.717) is 10.8 Å². The van der Waals surface area contributed by atoms with Crippen molar-refractivity contribution in [2.75, 3.05) is 0 Å². The molecule has 1 N–H and O–H groups in total. The third-order valence-electron chi connectivity index (χ3n) is 4.96. The van der Waals surface area contributed by atoms with E-state index in [-0.39, 0.29) is 6.10 Å². The minimum atomic E-state index is -0.0263. The van der Waals surface area contributed by atoms with E-state index in [1.165, 1.54) is 12.8 Å². The van der Waals surface area contributed by atoms with Gasteiger partial charge in [-0.3, -0.25) is 0 Å². The highest BCUT2D eigenvalue weighted by Gasteiger charge is 2.51. The molecule has 0 radical (unpaired) electrons. The van der Waals surface area contributed by atoms with Gasteiger partial charge in [0.2, 0.25) is 0 Å². The molecular weight excluding hydrogens is 172 g/mol. The molecule has 2 aliphatic carbocycles. The first-order valence-corrected chi connectivity index (χ1v) is 6.01. The topological polar surface area (TPSA) is 20.2 Å². The zero-order chi connectivity index (χ0) is 10.6. The Morgan fingerprint density at radius 2 is 1.21 bits per heavy atom. The van der Waals surface area contributed by atoms with Crippen LogP contribution in [0.1, 0.15) is 53.4 Å². The first-order chi connectivity index (χ1) is 6.33. The van der Waals surface area contributed by atoms with Crippen LogP contribution in [0.4, 0.5) is 0 Å². The highest BCUT2D eigenvalue weighted by molar-refractivity contribution is 5.01. The van der Waals surface area contributed by atoms with Crippen molar-refractivity contribution in [1.82, 2.24) is 0 Å². The monoisotopic (exact) mass is 196 g/mol. The molecule has 82 valence electrons. The number of hydrogen-bond donors (Lipinski definition) is 1. The Morgan fingerprint density at radius 3 is 1.57 bits per heavy atom. The Balaban J connectivity index is 2.25. The summed E-state index contributed by atoms with van der Waals surface area (Å²) >= 11 is 0. The van der Waals surface area contributed by atoms with Crippen LogP contribution in [0.5, 0.6) is 0 Å². The lowest BCUT2D eigenvalue weighted by Crippen LogP contribution is -2.41. The molecule has 0 aromatic rings. The van der Waals surface area contributed by atoms with E-state index in [1.807, 2.05) is 0 Å². The molecule has 0 aliphatic heterocycles. The fourth-order valence-corrected chi connectivity index (χ4v) is 3.75. The van der Waals surface area contributed by atoms with Crippen molar-refractivity contribution >= 4 is 0 Å². The molecule has 0 unspecified atom stereocenters. The van der Waals surface area contributed by atoms with Crippen molar-refractivity contribution in [2.24, 2.45) is 22.7 Å².